The van der Waals surface area contributed by atoms with Gasteiger partial charge in [-0.2, -0.15) is 0 Å². The maximum Gasteiger partial charge on any atom is 0.363 e. The third-order valence-electron chi connectivity index (χ3n) is 2.00. The number of nitrogens with zero attached hydrogens (tertiary/aromatic N) is 2. The van der Waals surface area contributed by atoms with Gasteiger partial charge in [0.15, 0.2) is 6.20 Å². The maximum absolute atomic E-state index is 10.4. The van der Waals surface area contributed by atoms with E-state index in [9.17, 15) is 10.1 Å². The van der Waals surface area contributed by atoms with Crippen LogP contribution in [-0.2, 0) is 0 Å². The summed E-state index contributed by atoms with van der Waals surface area (Å²) in [6.07, 6.45) is 1.44. The van der Waals surface area contributed by atoms with E-state index < -0.39 is 4.92 Å². The lowest BCUT2D eigenvalue weighted by Gasteiger charge is -2.03. The van der Waals surface area contributed by atoms with E-state index in [0.717, 1.165) is 11.4 Å². The van der Waals surface area contributed by atoms with Crippen LogP contribution in [0.3, 0.4) is 0 Å². The molecule has 0 unspecified atom stereocenters. The number of anilines is 2. The number of hydrogen-bond donors (Lipinski definition) is 1. The molecule has 1 N–H and O–H groups in total. The Hall–Kier alpha value is -2.43. The van der Waals surface area contributed by atoms with Crippen molar-refractivity contribution in [3.8, 4) is 0 Å². The van der Waals surface area contributed by atoms with Crippen molar-refractivity contribution in [1.29, 1.82) is 0 Å². The Morgan fingerprint density at radius 2 is 1.81 bits per heavy atom. The lowest BCUT2D eigenvalue weighted by molar-refractivity contribution is -0.389. The van der Waals surface area contributed by atoms with Gasteiger partial charge in [-0.25, -0.2) is 0 Å². The molecular weight excluding hydrogens is 206 g/mol. The molecule has 16 heavy (non-hydrogen) atoms. The summed E-state index contributed by atoms with van der Waals surface area (Å²) in [5.41, 5.74) is 1.63. The summed E-state index contributed by atoms with van der Waals surface area (Å²) in [4.78, 5) is 13.6. The quantitative estimate of drug-likeness (QED) is 0.631. The molecule has 2 rings (SSSR count). The normalized spacial score (nSPS) is 9.75. The van der Waals surface area contributed by atoms with Gasteiger partial charge in [-0.15, -0.1) is 0 Å². The SMILES string of the molecule is O=[N+]([O-])c1ccc(Nc2ccccc2)cn1. The molecule has 0 aliphatic carbocycles. The van der Waals surface area contributed by atoms with E-state index in [1.807, 2.05) is 30.3 Å². The van der Waals surface area contributed by atoms with Crippen LogP contribution in [0.1, 0.15) is 0 Å². The molecule has 0 aliphatic heterocycles. The number of nitrogens with one attached hydrogen (secondary N) is 1. The van der Waals surface area contributed by atoms with E-state index in [4.69, 9.17) is 0 Å². The van der Waals surface area contributed by atoms with Crippen molar-refractivity contribution in [3.05, 3.63) is 58.8 Å². The molecule has 0 aliphatic rings. The minimum Gasteiger partial charge on any atom is -0.358 e. The molecule has 80 valence electrons. The van der Waals surface area contributed by atoms with Crippen molar-refractivity contribution in [2.75, 3.05) is 5.32 Å². The van der Waals surface area contributed by atoms with Gasteiger partial charge in [0, 0.05) is 11.8 Å². The number of nitro groups is 1. The first-order valence-electron chi connectivity index (χ1n) is 4.68. The average molecular weight is 215 g/mol. The molecule has 0 bridgehead atoms. The third kappa shape index (κ3) is 2.33. The topological polar surface area (TPSA) is 68.1 Å². The van der Waals surface area contributed by atoms with Gasteiger partial charge in [-0.3, -0.25) is 0 Å². The minimum absolute atomic E-state index is 0.154. The molecule has 5 heteroatoms. The standard InChI is InChI=1S/C11H9N3O2/c15-14(16)11-7-6-10(8-12-11)13-9-4-2-1-3-5-9/h1-8,13H. The van der Waals surface area contributed by atoms with Crippen molar-refractivity contribution in [1.82, 2.24) is 4.98 Å². The number of para-hydroxylation sites is 1. The van der Waals surface area contributed by atoms with Crippen LogP contribution in [-0.4, -0.2) is 9.91 Å². The largest absolute Gasteiger partial charge is 0.363 e. The predicted molar refractivity (Wildman–Crippen MR) is 60.6 cm³/mol. The zero-order chi connectivity index (χ0) is 11.4. The summed E-state index contributed by atoms with van der Waals surface area (Å²) >= 11 is 0. The molecule has 0 amide bonds. The summed E-state index contributed by atoms with van der Waals surface area (Å²) in [7, 11) is 0. The highest BCUT2D eigenvalue weighted by atomic mass is 16.6. The highest BCUT2D eigenvalue weighted by molar-refractivity contribution is 5.58. The van der Waals surface area contributed by atoms with Gasteiger partial charge in [0.1, 0.15) is 0 Å². The second kappa shape index (κ2) is 4.39. The summed E-state index contributed by atoms with van der Waals surface area (Å²) in [6, 6.07) is 12.5. The second-order valence-electron chi connectivity index (χ2n) is 3.15. The molecule has 0 radical (unpaired) electrons. The molecule has 5 nitrogen and oxygen atoms in total. The molecule has 1 aromatic heterocycles. The first-order valence-corrected chi connectivity index (χ1v) is 4.68. The summed E-state index contributed by atoms with van der Waals surface area (Å²) in [6.45, 7) is 0. The van der Waals surface area contributed by atoms with E-state index in [-0.39, 0.29) is 5.82 Å². The minimum atomic E-state index is -0.522. The van der Waals surface area contributed by atoms with Crippen LogP contribution in [0.25, 0.3) is 0 Å². The van der Waals surface area contributed by atoms with Gasteiger partial charge >= 0.3 is 5.82 Å². The van der Waals surface area contributed by atoms with Crippen LogP contribution < -0.4 is 5.32 Å². The fourth-order valence-electron chi connectivity index (χ4n) is 1.26. The van der Waals surface area contributed by atoms with E-state index in [1.165, 1.54) is 12.3 Å². The molecule has 2 aromatic rings. The number of aromatic nitrogens is 1. The zero-order valence-electron chi connectivity index (χ0n) is 8.33. The first-order chi connectivity index (χ1) is 7.75. The first kappa shape index (κ1) is 10.1. The van der Waals surface area contributed by atoms with Crippen LogP contribution in [0.4, 0.5) is 17.2 Å². The highest BCUT2D eigenvalue weighted by Gasteiger charge is 2.05. The van der Waals surface area contributed by atoms with Crippen LogP contribution in [0, 0.1) is 10.1 Å². The molecule has 1 heterocycles. The van der Waals surface area contributed by atoms with E-state index in [0.29, 0.717) is 0 Å². The molecule has 0 fully saturated rings. The van der Waals surface area contributed by atoms with Gasteiger partial charge in [-0.05, 0) is 28.1 Å². The maximum atomic E-state index is 10.4. The molecule has 0 saturated heterocycles. The molecule has 0 saturated carbocycles. The molecule has 1 aromatic carbocycles. The molecular formula is C11H9N3O2. The van der Waals surface area contributed by atoms with E-state index in [2.05, 4.69) is 10.3 Å². The Balaban J connectivity index is 2.14. The number of benzene rings is 1. The molecule has 0 spiro atoms. The smallest absolute Gasteiger partial charge is 0.358 e. The van der Waals surface area contributed by atoms with Crippen LogP contribution in [0.5, 0.6) is 0 Å². The Kier molecular flexibility index (Phi) is 2.77. The number of rotatable bonds is 3. The van der Waals surface area contributed by atoms with Crippen molar-refractivity contribution in [2.24, 2.45) is 0 Å². The zero-order valence-corrected chi connectivity index (χ0v) is 8.33. The Labute approximate surface area is 91.9 Å². The van der Waals surface area contributed by atoms with Gasteiger partial charge < -0.3 is 15.4 Å². The molecule has 0 atom stereocenters. The van der Waals surface area contributed by atoms with Crippen molar-refractivity contribution in [2.45, 2.75) is 0 Å². The van der Waals surface area contributed by atoms with Gasteiger partial charge in [0.25, 0.3) is 0 Å². The fourth-order valence-corrected chi connectivity index (χ4v) is 1.26. The number of pyridine rings is 1. The highest BCUT2D eigenvalue weighted by Crippen LogP contribution is 2.16. The van der Waals surface area contributed by atoms with Crippen LogP contribution in [0.2, 0.25) is 0 Å². The predicted octanol–water partition coefficient (Wildman–Crippen LogP) is 2.73. The lowest BCUT2D eigenvalue weighted by Crippen LogP contribution is -1.94. The van der Waals surface area contributed by atoms with Gasteiger partial charge in [0.05, 0.1) is 5.69 Å². The van der Waals surface area contributed by atoms with Gasteiger partial charge in [-0.1, -0.05) is 18.2 Å². The van der Waals surface area contributed by atoms with Crippen molar-refractivity contribution < 1.29 is 4.92 Å². The van der Waals surface area contributed by atoms with Gasteiger partial charge in [0.2, 0.25) is 0 Å². The summed E-state index contributed by atoms with van der Waals surface area (Å²) in [5.74, 6) is -0.154. The monoisotopic (exact) mass is 215 g/mol. The second-order valence-corrected chi connectivity index (χ2v) is 3.15. The lowest BCUT2D eigenvalue weighted by atomic mass is 10.3. The van der Waals surface area contributed by atoms with Crippen LogP contribution >= 0.6 is 0 Å². The Morgan fingerprint density at radius 1 is 1.06 bits per heavy atom. The third-order valence-corrected chi connectivity index (χ3v) is 2.00. The Morgan fingerprint density at radius 3 is 2.38 bits per heavy atom. The van der Waals surface area contributed by atoms with E-state index in [1.54, 1.807) is 6.07 Å². The fraction of sp³-hybridized carbons (Fsp3) is 0. The Bertz CT molecular complexity index is 482. The summed E-state index contributed by atoms with van der Waals surface area (Å²) < 4.78 is 0. The van der Waals surface area contributed by atoms with Crippen molar-refractivity contribution >= 4 is 17.2 Å². The number of hydrogen-bond acceptors (Lipinski definition) is 4. The van der Waals surface area contributed by atoms with Crippen molar-refractivity contribution in [3.63, 3.8) is 0 Å². The average Bonchev–Trinajstić information content (AvgIpc) is 2.31. The van der Waals surface area contributed by atoms with E-state index >= 15 is 0 Å². The van der Waals surface area contributed by atoms with Crippen LogP contribution in [0.15, 0.2) is 48.7 Å². The summed E-state index contributed by atoms with van der Waals surface area (Å²) in [5, 5.41) is 13.5.